The molecule has 0 saturated carbocycles. The van der Waals surface area contributed by atoms with Gasteiger partial charge in [0.05, 0.1) is 26.8 Å². The topological polar surface area (TPSA) is 71.5 Å². The molecular formula is C20H17Cl2N3O3. The molecule has 2 amide bonds. The highest BCUT2D eigenvalue weighted by Crippen LogP contribution is 2.30. The zero-order valence-corrected chi connectivity index (χ0v) is 16.7. The van der Waals surface area contributed by atoms with Crippen molar-refractivity contribution in [3.05, 3.63) is 64.3 Å². The first-order valence-corrected chi connectivity index (χ1v) is 9.10. The molecule has 8 heteroatoms. The van der Waals surface area contributed by atoms with Crippen LogP contribution in [0.5, 0.6) is 5.75 Å². The summed E-state index contributed by atoms with van der Waals surface area (Å²) in [4.78, 5) is 30.3. The molecule has 0 saturated heterocycles. The smallest absolute Gasteiger partial charge is 0.259 e. The number of halogens is 2. The number of nitrogens with zero attached hydrogens (tertiary/aromatic N) is 2. The molecule has 28 heavy (non-hydrogen) atoms. The van der Waals surface area contributed by atoms with Crippen LogP contribution in [0, 0.1) is 0 Å². The van der Waals surface area contributed by atoms with E-state index in [9.17, 15) is 9.59 Å². The number of carbonyl (C=O) groups is 2. The van der Waals surface area contributed by atoms with Crippen LogP contribution in [0.4, 0.5) is 5.69 Å². The minimum absolute atomic E-state index is 0.0993. The number of rotatable bonds is 5. The van der Waals surface area contributed by atoms with Crippen LogP contribution in [0.3, 0.4) is 0 Å². The molecule has 1 aromatic heterocycles. The maximum Gasteiger partial charge on any atom is 0.259 e. The van der Waals surface area contributed by atoms with Gasteiger partial charge in [0.1, 0.15) is 5.75 Å². The van der Waals surface area contributed by atoms with E-state index in [1.807, 2.05) is 0 Å². The van der Waals surface area contributed by atoms with Gasteiger partial charge in [-0.2, -0.15) is 0 Å². The van der Waals surface area contributed by atoms with E-state index in [4.69, 9.17) is 27.9 Å². The number of aromatic nitrogens is 1. The monoisotopic (exact) mass is 417 g/mol. The number of nitrogens with one attached hydrogen (secondary N) is 1. The van der Waals surface area contributed by atoms with Gasteiger partial charge in [0, 0.05) is 25.7 Å². The highest BCUT2D eigenvalue weighted by Gasteiger charge is 2.17. The number of carbonyl (C=O) groups excluding carboxylic acids is 2. The Morgan fingerprint density at radius 3 is 2.43 bits per heavy atom. The number of pyridine rings is 1. The Hall–Kier alpha value is -2.83. The van der Waals surface area contributed by atoms with Crippen molar-refractivity contribution in [1.29, 1.82) is 0 Å². The lowest BCUT2D eigenvalue weighted by Gasteiger charge is -2.14. The predicted molar refractivity (Wildman–Crippen MR) is 110 cm³/mol. The summed E-state index contributed by atoms with van der Waals surface area (Å²) < 4.78 is 5.64. The third kappa shape index (κ3) is 4.18. The molecule has 1 N–H and O–H groups in total. The van der Waals surface area contributed by atoms with Gasteiger partial charge in [-0.3, -0.25) is 14.6 Å². The van der Waals surface area contributed by atoms with Gasteiger partial charge in [-0.1, -0.05) is 35.3 Å². The minimum Gasteiger partial charge on any atom is -0.483 e. The van der Waals surface area contributed by atoms with Crippen LogP contribution in [0.2, 0.25) is 10.0 Å². The number of amides is 2. The maximum atomic E-state index is 12.7. The van der Waals surface area contributed by atoms with Gasteiger partial charge in [0.25, 0.3) is 11.8 Å². The van der Waals surface area contributed by atoms with E-state index >= 15 is 0 Å². The first-order chi connectivity index (χ1) is 13.4. The second-order valence-corrected chi connectivity index (χ2v) is 6.95. The summed E-state index contributed by atoms with van der Waals surface area (Å²) in [5.74, 6) is -0.117. The summed E-state index contributed by atoms with van der Waals surface area (Å²) >= 11 is 12.2. The molecule has 0 aliphatic carbocycles. The number of likely N-dealkylation sites (N-methyl/N-ethyl adjacent to an activating group) is 1. The number of fused-ring (bicyclic) bond motifs is 1. The Balaban J connectivity index is 1.92. The second kappa shape index (κ2) is 8.46. The van der Waals surface area contributed by atoms with E-state index in [-0.39, 0.29) is 28.1 Å². The SMILES string of the molecule is CN(C)C(=O)COc1ccnc2c(NC(=O)c3c(Cl)cccc3Cl)cccc12. The van der Waals surface area contributed by atoms with Gasteiger partial charge in [-0.25, -0.2) is 0 Å². The van der Waals surface area contributed by atoms with E-state index in [2.05, 4.69) is 10.3 Å². The fraction of sp³-hybridized carbons (Fsp3) is 0.150. The van der Waals surface area contributed by atoms with Crippen LogP contribution in [-0.4, -0.2) is 42.4 Å². The Bertz CT molecular complexity index is 1030. The molecule has 0 aliphatic heterocycles. The molecule has 0 unspecified atom stereocenters. The van der Waals surface area contributed by atoms with Crippen molar-refractivity contribution >= 4 is 51.6 Å². The summed E-state index contributed by atoms with van der Waals surface area (Å²) in [6.07, 6.45) is 1.55. The number of benzene rings is 2. The molecule has 1 heterocycles. The highest BCUT2D eigenvalue weighted by atomic mass is 35.5. The van der Waals surface area contributed by atoms with Gasteiger partial charge in [0.15, 0.2) is 6.61 Å². The Labute approximate surface area is 172 Å². The molecule has 0 atom stereocenters. The molecule has 0 spiro atoms. The normalized spacial score (nSPS) is 10.6. The zero-order valence-electron chi connectivity index (χ0n) is 15.2. The average Bonchev–Trinajstić information content (AvgIpc) is 2.66. The van der Waals surface area contributed by atoms with Crippen LogP contribution in [0.1, 0.15) is 10.4 Å². The van der Waals surface area contributed by atoms with E-state index in [0.717, 1.165) is 0 Å². The van der Waals surface area contributed by atoms with Crippen LogP contribution in [0.25, 0.3) is 10.9 Å². The van der Waals surface area contributed by atoms with Crippen molar-refractivity contribution in [3.8, 4) is 5.75 Å². The average molecular weight is 418 g/mol. The maximum absolute atomic E-state index is 12.7. The van der Waals surface area contributed by atoms with Crippen molar-refractivity contribution < 1.29 is 14.3 Å². The Morgan fingerprint density at radius 2 is 1.75 bits per heavy atom. The highest BCUT2D eigenvalue weighted by molar-refractivity contribution is 6.40. The van der Waals surface area contributed by atoms with Crippen molar-refractivity contribution in [2.24, 2.45) is 0 Å². The quantitative estimate of drug-likeness (QED) is 0.672. The minimum atomic E-state index is -0.445. The van der Waals surface area contributed by atoms with E-state index < -0.39 is 5.91 Å². The lowest BCUT2D eigenvalue weighted by molar-refractivity contribution is -0.130. The van der Waals surface area contributed by atoms with Crippen LogP contribution < -0.4 is 10.1 Å². The third-order valence-corrected chi connectivity index (χ3v) is 4.65. The molecule has 2 aromatic carbocycles. The van der Waals surface area contributed by atoms with E-state index in [1.165, 1.54) is 4.90 Å². The molecular weight excluding hydrogens is 401 g/mol. The third-order valence-electron chi connectivity index (χ3n) is 4.02. The molecule has 0 aliphatic rings. The summed E-state index contributed by atoms with van der Waals surface area (Å²) in [6.45, 7) is -0.0993. The van der Waals surface area contributed by atoms with Gasteiger partial charge < -0.3 is 15.0 Å². The molecule has 144 valence electrons. The van der Waals surface area contributed by atoms with E-state index in [0.29, 0.717) is 22.3 Å². The molecule has 3 aromatic rings. The van der Waals surface area contributed by atoms with E-state index in [1.54, 1.807) is 62.8 Å². The number of para-hydroxylation sites is 1. The predicted octanol–water partition coefficient (Wildman–Crippen LogP) is 4.26. The largest absolute Gasteiger partial charge is 0.483 e. The Morgan fingerprint density at radius 1 is 1.07 bits per heavy atom. The zero-order chi connectivity index (χ0) is 20.3. The summed E-state index contributed by atoms with van der Waals surface area (Å²) in [6, 6.07) is 11.8. The fourth-order valence-corrected chi connectivity index (χ4v) is 3.11. The lowest BCUT2D eigenvalue weighted by atomic mass is 10.1. The van der Waals surface area contributed by atoms with Crippen molar-refractivity contribution in [2.45, 2.75) is 0 Å². The van der Waals surface area contributed by atoms with Gasteiger partial charge >= 0.3 is 0 Å². The van der Waals surface area contributed by atoms with Crippen molar-refractivity contribution in [2.75, 3.05) is 26.0 Å². The molecule has 0 bridgehead atoms. The van der Waals surface area contributed by atoms with Crippen molar-refractivity contribution in [3.63, 3.8) is 0 Å². The fourth-order valence-electron chi connectivity index (χ4n) is 2.55. The first kappa shape index (κ1) is 19.9. The number of hydrogen-bond acceptors (Lipinski definition) is 4. The van der Waals surface area contributed by atoms with Crippen LogP contribution >= 0.6 is 23.2 Å². The second-order valence-electron chi connectivity index (χ2n) is 6.14. The van der Waals surface area contributed by atoms with Crippen molar-refractivity contribution in [1.82, 2.24) is 9.88 Å². The Kier molecular flexibility index (Phi) is 6.02. The van der Waals surface area contributed by atoms with Crippen LogP contribution in [-0.2, 0) is 4.79 Å². The standard InChI is InChI=1S/C20H17Cl2N3O3/c1-25(2)17(26)11-28-16-9-10-23-19-12(16)5-3-8-15(19)24-20(27)18-13(21)6-4-7-14(18)22/h3-10H,11H2,1-2H3,(H,24,27). The molecule has 3 rings (SSSR count). The molecule has 6 nitrogen and oxygen atoms in total. The molecule has 0 radical (unpaired) electrons. The van der Waals surface area contributed by atoms with Gasteiger partial charge in [-0.15, -0.1) is 0 Å². The first-order valence-electron chi connectivity index (χ1n) is 8.34. The van der Waals surface area contributed by atoms with Gasteiger partial charge in [-0.05, 0) is 30.3 Å². The number of anilines is 1. The van der Waals surface area contributed by atoms with Gasteiger partial charge in [0.2, 0.25) is 0 Å². The lowest BCUT2D eigenvalue weighted by Crippen LogP contribution is -2.27. The summed E-state index contributed by atoms with van der Waals surface area (Å²) in [5, 5.41) is 3.96. The number of ether oxygens (including phenoxy) is 1. The summed E-state index contributed by atoms with van der Waals surface area (Å²) in [7, 11) is 3.31. The molecule has 0 fully saturated rings. The summed E-state index contributed by atoms with van der Waals surface area (Å²) in [5.41, 5.74) is 1.18. The van der Waals surface area contributed by atoms with Crippen LogP contribution in [0.15, 0.2) is 48.7 Å². The number of hydrogen-bond donors (Lipinski definition) is 1.